The lowest BCUT2D eigenvalue weighted by Gasteiger charge is -2.29. The molecule has 1 aliphatic heterocycles. The number of nitrogens with zero attached hydrogens (tertiary/aromatic N) is 3. The Morgan fingerprint density at radius 3 is 3.00 bits per heavy atom. The number of aromatic nitrogens is 2. The van der Waals surface area contributed by atoms with Gasteiger partial charge in [0.1, 0.15) is 12.2 Å². The Labute approximate surface area is 107 Å². The SMILES string of the molecule is Cc1cc(C2CCCN(C)C2)nc(CC(=O)O)n1. The molecule has 1 aromatic rings. The van der Waals surface area contributed by atoms with Crippen LogP contribution in [0.1, 0.15) is 36.0 Å². The zero-order chi connectivity index (χ0) is 13.1. The van der Waals surface area contributed by atoms with Crippen LogP contribution in [0, 0.1) is 6.92 Å². The second-order valence-corrected chi connectivity index (χ2v) is 5.02. The number of piperidine rings is 1. The van der Waals surface area contributed by atoms with Crippen LogP contribution >= 0.6 is 0 Å². The molecule has 0 saturated carbocycles. The smallest absolute Gasteiger partial charge is 0.311 e. The van der Waals surface area contributed by atoms with E-state index >= 15 is 0 Å². The maximum atomic E-state index is 10.7. The van der Waals surface area contributed by atoms with Gasteiger partial charge in [-0.05, 0) is 39.4 Å². The van der Waals surface area contributed by atoms with Crippen LogP contribution in [0.2, 0.25) is 0 Å². The number of hydrogen-bond acceptors (Lipinski definition) is 4. The zero-order valence-electron chi connectivity index (χ0n) is 10.9. The summed E-state index contributed by atoms with van der Waals surface area (Å²) in [6, 6.07) is 1.98. The van der Waals surface area contributed by atoms with Crippen LogP contribution in [0.5, 0.6) is 0 Å². The Morgan fingerprint density at radius 1 is 1.56 bits per heavy atom. The quantitative estimate of drug-likeness (QED) is 0.872. The van der Waals surface area contributed by atoms with Crippen molar-refractivity contribution in [1.29, 1.82) is 0 Å². The van der Waals surface area contributed by atoms with E-state index in [4.69, 9.17) is 5.11 Å². The van der Waals surface area contributed by atoms with Crippen molar-refractivity contribution in [1.82, 2.24) is 14.9 Å². The molecule has 0 amide bonds. The van der Waals surface area contributed by atoms with Crippen molar-refractivity contribution in [3.63, 3.8) is 0 Å². The highest BCUT2D eigenvalue weighted by molar-refractivity contribution is 5.68. The maximum absolute atomic E-state index is 10.7. The van der Waals surface area contributed by atoms with Gasteiger partial charge in [0.15, 0.2) is 0 Å². The van der Waals surface area contributed by atoms with Crippen LogP contribution in [0.4, 0.5) is 0 Å². The van der Waals surface area contributed by atoms with Crippen LogP contribution in [0.3, 0.4) is 0 Å². The normalized spacial score (nSPS) is 20.9. The number of carboxylic acids is 1. The van der Waals surface area contributed by atoms with E-state index in [1.807, 2.05) is 13.0 Å². The molecule has 1 atom stereocenters. The molecule has 1 unspecified atom stereocenters. The zero-order valence-corrected chi connectivity index (χ0v) is 10.9. The number of carbonyl (C=O) groups is 1. The summed E-state index contributed by atoms with van der Waals surface area (Å²) in [6.07, 6.45) is 2.18. The van der Waals surface area contributed by atoms with E-state index in [1.54, 1.807) is 0 Å². The van der Waals surface area contributed by atoms with E-state index in [0.29, 0.717) is 11.7 Å². The molecule has 0 aliphatic carbocycles. The van der Waals surface area contributed by atoms with Crippen molar-refractivity contribution >= 4 is 5.97 Å². The standard InChI is InChI=1S/C13H19N3O2/c1-9-6-11(10-4-3-5-16(2)8-10)15-12(14-9)7-13(17)18/h6,10H,3-5,7-8H2,1-2H3,(H,17,18). The molecule has 1 aromatic heterocycles. The molecule has 5 heteroatoms. The van der Waals surface area contributed by atoms with Gasteiger partial charge in [0.2, 0.25) is 0 Å². The van der Waals surface area contributed by atoms with E-state index in [2.05, 4.69) is 21.9 Å². The third kappa shape index (κ3) is 3.26. The Hall–Kier alpha value is -1.49. The lowest BCUT2D eigenvalue weighted by atomic mass is 9.94. The van der Waals surface area contributed by atoms with Gasteiger partial charge in [0.05, 0.1) is 0 Å². The molecule has 1 fully saturated rings. The minimum Gasteiger partial charge on any atom is -0.481 e. The number of aliphatic carboxylic acids is 1. The predicted octanol–water partition coefficient (Wildman–Crippen LogP) is 1.22. The maximum Gasteiger partial charge on any atom is 0.311 e. The minimum absolute atomic E-state index is 0.1000. The fourth-order valence-electron chi connectivity index (χ4n) is 2.49. The van der Waals surface area contributed by atoms with Crippen LogP contribution in [-0.2, 0) is 11.2 Å². The van der Waals surface area contributed by atoms with Gasteiger partial charge in [-0.1, -0.05) is 0 Å². The van der Waals surface area contributed by atoms with Crippen molar-refractivity contribution in [3.8, 4) is 0 Å². The van der Waals surface area contributed by atoms with Gasteiger partial charge in [-0.15, -0.1) is 0 Å². The third-order valence-electron chi connectivity index (χ3n) is 3.27. The summed E-state index contributed by atoms with van der Waals surface area (Å²) in [5.74, 6) is -0.0592. The fraction of sp³-hybridized carbons (Fsp3) is 0.615. The first-order valence-electron chi connectivity index (χ1n) is 6.29. The van der Waals surface area contributed by atoms with E-state index < -0.39 is 5.97 Å². The average Bonchev–Trinajstić information content (AvgIpc) is 2.27. The first-order chi connectivity index (χ1) is 8.54. The first kappa shape index (κ1) is 13.0. The summed E-state index contributed by atoms with van der Waals surface area (Å²) in [5.41, 5.74) is 1.84. The van der Waals surface area contributed by atoms with Gasteiger partial charge in [-0.2, -0.15) is 0 Å². The van der Waals surface area contributed by atoms with Crippen molar-refractivity contribution in [3.05, 3.63) is 23.3 Å². The molecule has 0 aromatic carbocycles. The molecule has 0 spiro atoms. The summed E-state index contributed by atoms with van der Waals surface area (Å²) in [4.78, 5) is 21.6. The molecule has 0 radical (unpaired) electrons. The van der Waals surface area contributed by atoms with Gasteiger partial charge in [-0.25, -0.2) is 9.97 Å². The molecule has 1 saturated heterocycles. The highest BCUT2D eigenvalue weighted by Gasteiger charge is 2.21. The molecule has 5 nitrogen and oxygen atoms in total. The summed E-state index contributed by atoms with van der Waals surface area (Å²) < 4.78 is 0. The average molecular weight is 249 g/mol. The molecule has 2 heterocycles. The topological polar surface area (TPSA) is 66.3 Å². The Balaban J connectivity index is 2.21. The summed E-state index contributed by atoms with van der Waals surface area (Å²) in [5, 5.41) is 8.81. The van der Waals surface area contributed by atoms with E-state index in [-0.39, 0.29) is 6.42 Å². The monoisotopic (exact) mass is 249 g/mol. The van der Waals surface area contributed by atoms with Crippen LogP contribution in [0.15, 0.2) is 6.07 Å². The molecule has 1 aliphatic rings. The molecule has 98 valence electrons. The van der Waals surface area contributed by atoms with Crippen molar-refractivity contribution in [2.75, 3.05) is 20.1 Å². The number of likely N-dealkylation sites (tertiary alicyclic amines) is 1. The van der Waals surface area contributed by atoms with Crippen LogP contribution < -0.4 is 0 Å². The van der Waals surface area contributed by atoms with Crippen molar-refractivity contribution < 1.29 is 9.90 Å². The predicted molar refractivity (Wildman–Crippen MR) is 67.6 cm³/mol. The van der Waals surface area contributed by atoms with Gasteiger partial charge >= 0.3 is 5.97 Å². The molecule has 1 N–H and O–H groups in total. The molecule has 2 rings (SSSR count). The van der Waals surface area contributed by atoms with Gasteiger partial charge in [-0.3, -0.25) is 4.79 Å². The van der Waals surface area contributed by atoms with Gasteiger partial charge in [0.25, 0.3) is 0 Å². The van der Waals surface area contributed by atoms with E-state index in [1.165, 1.54) is 6.42 Å². The largest absolute Gasteiger partial charge is 0.481 e. The number of aryl methyl sites for hydroxylation is 1. The van der Waals surface area contributed by atoms with Crippen molar-refractivity contribution in [2.45, 2.75) is 32.1 Å². The Kier molecular flexibility index (Phi) is 3.91. The highest BCUT2D eigenvalue weighted by atomic mass is 16.4. The third-order valence-corrected chi connectivity index (χ3v) is 3.27. The number of rotatable bonds is 3. The van der Waals surface area contributed by atoms with Gasteiger partial charge in [0, 0.05) is 23.9 Å². The van der Waals surface area contributed by atoms with Crippen LogP contribution in [0.25, 0.3) is 0 Å². The lowest BCUT2D eigenvalue weighted by molar-refractivity contribution is -0.136. The van der Waals surface area contributed by atoms with Crippen molar-refractivity contribution in [2.24, 2.45) is 0 Å². The second kappa shape index (κ2) is 5.44. The number of likely N-dealkylation sites (N-methyl/N-ethyl adjacent to an activating group) is 1. The molecular weight excluding hydrogens is 230 g/mol. The Bertz CT molecular complexity index is 448. The minimum atomic E-state index is -0.882. The second-order valence-electron chi connectivity index (χ2n) is 5.02. The summed E-state index contributed by atoms with van der Waals surface area (Å²) in [7, 11) is 2.11. The molecule has 0 bridgehead atoms. The first-order valence-corrected chi connectivity index (χ1v) is 6.29. The highest BCUT2D eigenvalue weighted by Crippen LogP contribution is 2.25. The van der Waals surface area contributed by atoms with E-state index in [0.717, 1.165) is 30.9 Å². The fourth-order valence-corrected chi connectivity index (χ4v) is 2.49. The van der Waals surface area contributed by atoms with Gasteiger partial charge < -0.3 is 10.0 Å². The molecule has 18 heavy (non-hydrogen) atoms. The summed E-state index contributed by atoms with van der Waals surface area (Å²) >= 11 is 0. The molecular formula is C13H19N3O2. The lowest BCUT2D eigenvalue weighted by Crippen LogP contribution is -2.31. The summed E-state index contributed by atoms with van der Waals surface area (Å²) in [6.45, 7) is 4.01. The number of carboxylic acid groups (broad SMARTS) is 1. The van der Waals surface area contributed by atoms with E-state index in [9.17, 15) is 4.79 Å². The van der Waals surface area contributed by atoms with Crippen LogP contribution in [-0.4, -0.2) is 46.1 Å². The number of hydrogen-bond donors (Lipinski definition) is 1. The Morgan fingerprint density at radius 2 is 2.33 bits per heavy atom.